The van der Waals surface area contributed by atoms with Crippen LogP contribution in [0.25, 0.3) is 0 Å². The van der Waals surface area contributed by atoms with Gasteiger partial charge in [-0.05, 0) is 24.6 Å². The van der Waals surface area contributed by atoms with Crippen LogP contribution in [-0.2, 0) is 13.1 Å². The van der Waals surface area contributed by atoms with E-state index in [2.05, 4.69) is 25.6 Å². The summed E-state index contributed by atoms with van der Waals surface area (Å²) in [5.41, 5.74) is 1.49. The van der Waals surface area contributed by atoms with Gasteiger partial charge >= 0.3 is 12.1 Å². The Labute approximate surface area is 186 Å². The number of aromatic nitrogens is 3. The Bertz CT molecular complexity index is 1100. The molecule has 0 saturated carbocycles. The van der Waals surface area contributed by atoms with E-state index in [1.54, 1.807) is 19.1 Å². The molecule has 0 bridgehead atoms. The zero-order chi connectivity index (χ0) is 22.4. The number of urea groups is 1. The van der Waals surface area contributed by atoms with Crippen LogP contribution in [0.15, 0.2) is 36.7 Å². The Morgan fingerprint density at radius 1 is 1.29 bits per heavy atom. The van der Waals surface area contributed by atoms with Crippen LogP contribution < -0.4 is 15.4 Å². The molecule has 0 saturated heterocycles. The molecule has 12 heteroatoms. The largest absolute Gasteiger partial charge is 0.416 e. The number of anilines is 1. The van der Waals surface area contributed by atoms with Gasteiger partial charge < -0.3 is 15.0 Å². The van der Waals surface area contributed by atoms with Gasteiger partial charge in [0.2, 0.25) is 5.88 Å². The highest BCUT2D eigenvalue weighted by atomic mass is 35.5. The number of thiazole rings is 1. The van der Waals surface area contributed by atoms with E-state index in [9.17, 15) is 14.0 Å². The third-order valence-corrected chi connectivity index (χ3v) is 5.18. The molecule has 3 rings (SSSR count). The van der Waals surface area contributed by atoms with Crippen molar-refractivity contribution < 1.29 is 18.7 Å². The molecule has 2 aromatic heterocycles. The summed E-state index contributed by atoms with van der Waals surface area (Å²) in [6.45, 7) is 1.87. The molecule has 162 valence electrons. The van der Waals surface area contributed by atoms with Crippen LogP contribution in [0.1, 0.15) is 17.0 Å². The lowest BCUT2D eigenvalue weighted by molar-refractivity contribution is 0.158. The molecule has 0 aliphatic carbocycles. The van der Waals surface area contributed by atoms with Crippen LogP contribution in [0.2, 0.25) is 4.34 Å². The van der Waals surface area contributed by atoms with Crippen molar-refractivity contribution >= 4 is 40.2 Å². The fourth-order valence-corrected chi connectivity index (χ4v) is 3.42. The maximum absolute atomic E-state index is 13.2. The van der Waals surface area contributed by atoms with Crippen LogP contribution in [0, 0.1) is 12.7 Å². The van der Waals surface area contributed by atoms with Gasteiger partial charge in [-0.3, -0.25) is 10.3 Å². The van der Waals surface area contributed by atoms with Crippen molar-refractivity contribution in [1.29, 1.82) is 0 Å². The lowest BCUT2D eigenvalue weighted by atomic mass is 10.2. The topological polar surface area (TPSA) is 109 Å². The van der Waals surface area contributed by atoms with E-state index in [1.165, 1.54) is 36.5 Å². The molecule has 2 heterocycles. The lowest BCUT2D eigenvalue weighted by Gasteiger charge is -2.15. The standard InChI is InChI=1S/C19H18ClFN6O3S/c1-11-16(23-7-6-22-11)30-19(29)27(2)10-14-15(20)31-18(25-14)26-17(28)24-9-12-4-3-5-13(21)8-12/h3-8H,9-10H2,1-2H3,(H2,24,25,26,28). The molecule has 9 nitrogen and oxygen atoms in total. The second-order valence-corrected chi connectivity index (χ2v) is 7.95. The Morgan fingerprint density at radius 2 is 2.06 bits per heavy atom. The van der Waals surface area contributed by atoms with E-state index >= 15 is 0 Å². The number of amides is 3. The summed E-state index contributed by atoms with van der Waals surface area (Å²) in [6.07, 6.45) is 2.26. The molecule has 0 spiro atoms. The van der Waals surface area contributed by atoms with Crippen molar-refractivity contribution in [1.82, 2.24) is 25.2 Å². The van der Waals surface area contributed by atoms with Crippen molar-refractivity contribution in [2.75, 3.05) is 12.4 Å². The molecule has 0 atom stereocenters. The van der Waals surface area contributed by atoms with Crippen molar-refractivity contribution in [3.05, 3.63) is 63.8 Å². The number of carbonyl (C=O) groups excluding carboxylic acids is 2. The zero-order valence-electron chi connectivity index (χ0n) is 16.6. The number of carbonyl (C=O) groups is 2. The Hall–Kier alpha value is -3.31. The quantitative estimate of drug-likeness (QED) is 0.571. The number of ether oxygens (including phenoxy) is 1. The first-order chi connectivity index (χ1) is 14.8. The van der Waals surface area contributed by atoms with Gasteiger partial charge in [-0.1, -0.05) is 35.1 Å². The van der Waals surface area contributed by atoms with Gasteiger partial charge in [0, 0.05) is 26.0 Å². The first kappa shape index (κ1) is 22.4. The van der Waals surface area contributed by atoms with Crippen LogP contribution >= 0.6 is 22.9 Å². The maximum atomic E-state index is 13.2. The van der Waals surface area contributed by atoms with Crippen LogP contribution in [0.4, 0.5) is 19.1 Å². The monoisotopic (exact) mass is 464 g/mol. The van der Waals surface area contributed by atoms with E-state index in [-0.39, 0.29) is 29.9 Å². The number of hydrogen-bond acceptors (Lipinski definition) is 7. The summed E-state index contributed by atoms with van der Waals surface area (Å²) in [5, 5.41) is 5.42. The number of rotatable bonds is 6. The minimum Gasteiger partial charge on any atom is -0.389 e. The van der Waals surface area contributed by atoms with Crippen molar-refractivity contribution in [2.45, 2.75) is 20.0 Å². The van der Waals surface area contributed by atoms with Crippen molar-refractivity contribution in [2.24, 2.45) is 0 Å². The normalized spacial score (nSPS) is 10.5. The number of halogens is 2. The first-order valence-corrected chi connectivity index (χ1v) is 10.2. The van der Waals surface area contributed by atoms with E-state index < -0.39 is 12.1 Å². The second kappa shape index (κ2) is 10.1. The number of hydrogen-bond donors (Lipinski definition) is 2. The third kappa shape index (κ3) is 6.33. The summed E-state index contributed by atoms with van der Waals surface area (Å²) in [6, 6.07) is 5.39. The minimum absolute atomic E-state index is 0.0556. The van der Waals surface area contributed by atoms with Crippen LogP contribution in [0.3, 0.4) is 0 Å². The highest BCUT2D eigenvalue weighted by Gasteiger charge is 2.19. The summed E-state index contributed by atoms with van der Waals surface area (Å²) >= 11 is 7.24. The van der Waals surface area contributed by atoms with Gasteiger partial charge in [0.1, 0.15) is 10.2 Å². The average Bonchev–Trinajstić information content (AvgIpc) is 3.06. The smallest absolute Gasteiger partial charge is 0.389 e. The van der Waals surface area contributed by atoms with E-state index in [1.807, 2.05) is 0 Å². The number of aryl methyl sites for hydroxylation is 1. The summed E-state index contributed by atoms with van der Waals surface area (Å²) in [4.78, 5) is 37.8. The molecule has 2 N–H and O–H groups in total. The molecule has 0 unspecified atom stereocenters. The molecular formula is C19H18ClFN6O3S. The molecule has 3 aromatic rings. The van der Waals surface area contributed by atoms with Gasteiger partial charge in [-0.2, -0.15) is 0 Å². The average molecular weight is 465 g/mol. The molecule has 31 heavy (non-hydrogen) atoms. The van der Waals surface area contributed by atoms with E-state index in [0.29, 0.717) is 21.3 Å². The molecule has 0 radical (unpaired) electrons. The minimum atomic E-state index is -0.657. The fourth-order valence-electron chi connectivity index (χ4n) is 2.40. The van der Waals surface area contributed by atoms with Crippen molar-refractivity contribution in [3.8, 4) is 5.88 Å². The Balaban J connectivity index is 1.54. The van der Waals surface area contributed by atoms with Gasteiger partial charge in [-0.25, -0.2) is 23.9 Å². The van der Waals surface area contributed by atoms with Gasteiger partial charge in [0.25, 0.3) is 0 Å². The third-order valence-electron chi connectivity index (χ3n) is 3.93. The second-order valence-electron chi connectivity index (χ2n) is 6.35. The van der Waals surface area contributed by atoms with E-state index in [0.717, 1.165) is 11.3 Å². The molecule has 1 aromatic carbocycles. The van der Waals surface area contributed by atoms with Gasteiger partial charge in [0.15, 0.2) is 5.13 Å². The highest BCUT2D eigenvalue weighted by molar-refractivity contribution is 7.19. The predicted molar refractivity (Wildman–Crippen MR) is 114 cm³/mol. The number of nitrogens with one attached hydrogen (secondary N) is 2. The fraction of sp³-hybridized carbons (Fsp3) is 0.211. The van der Waals surface area contributed by atoms with Gasteiger partial charge in [-0.15, -0.1) is 0 Å². The number of nitrogens with zero attached hydrogens (tertiary/aromatic N) is 4. The maximum Gasteiger partial charge on any atom is 0.416 e. The van der Waals surface area contributed by atoms with Gasteiger partial charge in [0.05, 0.1) is 17.9 Å². The Morgan fingerprint density at radius 3 is 2.81 bits per heavy atom. The lowest BCUT2D eigenvalue weighted by Crippen LogP contribution is -2.30. The number of benzene rings is 1. The first-order valence-electron chi connectivity index (χ1n) is 8.97. The SMILES string of the molecule is Cc1nccnc1OC(=O)N(C)Cc1nc(NC(=O)NCc2cccc(F)c2)sc1Cl. The predicted octanol–water partition coefficient (Wildman–Crippen LogP) is 3.99. The molecule has 0 fully saturated rings. The zero-order valence-corrected chi connectivity index (χ0v) is 18.1. The van der Waals surface area contributed by atoms with Crippen LogP contribution in [0.5, 0.6) is 5.88 Å². The summed E-state index contributed by atoms with van der Waals surface area (Å²) in [7, 11) is 1.52. The molecule has 0 aliphatic rings. The summed E-state index contributed by atoms with van der Waals surface area (Å²) in [5.74, 6) is -0.269. The highest BCUT2D eigenvalue weighted by Crippen LogP contribution is 2.29. The van der Waals surface area contributed by atoms with Crippen molar-refractivity contribution in [3.63, 3.8) is 0 Å². The molecule has 0 aliphatic heterocycles. The van der Waals surface area contributed by atoms with Crippen LogP contribution in [-0.4, -0.2) is 39.0 Å². The molecule has 3 amide bonds. The summed E-state index contributed by atoms with van der Waals surface area (Å²) < 4.78 is 18.7. The van der Waals surface area contributed by atoms with E-state index in [4.69, 9.17) is 16.3 Å². The Kier molecular flexibility index (Phi) is 7.32. The molecular weight excluding hydrogens is 447 g/mol.